The van der Waals surface area contributed by atoms with Gasteiger partial charge in [-0.25, -0.2) is 9.97 Å². The SMILES string of the molecule is FC(F)(F)c1ccc(Nc2nnc3cc(-c4ncncc4C(F)(F)F)cnn23)cc1. The van der Waals surface area contributed by atoms with Crippen LogP contribution in [0.3, 0.4) is 0 Å². The highest BCUT2D eigenvalue weighted by molar-refractivity contribution is 5.67. The van der Waals surface area contributed by atoms with E-state index in [9.17, 15) is 26.3 Å². The highest BCUT2D eigenvalue weighted by atomic mass is 19.4. The van der Waals surface area contributed by atoms with Crippen LogP contribution >= 0.6 is 0 Å². The van der Waals surface area contributed by atoms with E-state index in [1.807, 2.05) is 0 Å². The van der Waals surface area contributed by atoms with Gasteiger partial charge in [0, 0.05) is 17.4 Å². The van der Waals surface area contributed by atoms with E-state index >= 15 is 0 Å². The molecule has 154 valence electrons. The normalized spacial score (nSPS) is 12.3. The second-order valence-corrected chi connectivity index (χ2v) is 6.02. The van der Waals surface area contributed by atoms with Crippen LogP contribution in [0.2, 0.25) is 0 Å². The maximum atomic E-state index is 13.2. The number of halogens is 6. The molecule has 1 aromatic carbocycles. The first-order chi connectivity index (χ1) is 14.1. The molecular formula is C17H9F6N7. The van der Waals surface area contributed by atoms with Gasteiger partial charge in [-0.3, -0.25) is 0 Å². The average Bonchev–Trinajstić information content (AvgIpc) is 3.09. The summed E-state index contributed by atoms with van der Waals surface area (Å²) in [6.45, 7) is 0. The molecule has 0 saturated carbocycles. The lowest BCUT2D eigenvalue weighted by molar-refractivity contribution is -0.138. The zero-order valence-corrected chi connectivity index (χ0v) is 14.6. The molecule has 0 atom stereocenters. The fourth-order valence-electron chi connectivity index (χ4n) is 2.64. The molecule has 1 N–H and O–H groups in total. The minimum Gasteiger partial charge on any atom is -0.323 e. The molecule has 0 radical (unpaired) electrons. The van der Waals surface area contributed by atoms with Crippen LogP contribution in [0.1, 0.15) is 11.1 Å². The van der Waals surface area contributed by atoms with Gasteiger partial charge >= 0.3 is 12.4 Å². The van der Waals surface area contributed by atoms with Crippen molar-refractivity contribution < 1.29 is 26.3 Å². The van der Waals surface area contributed by atoms with Crippen molar-refractivity contribution in [2.24, 2.45) is 0 Å². The highest BCUT2D eigenvalue weighted by Gasteiger charge is 2.35. The molecule has 0 aliphatic rings. The Morgan fingerprint density at radius 1 is 0.867 bits per heavy atom. The molecule has 0 amide bonds. The predicted molar refractivity (Wildman–Crippen MR) is 91.5 cm³/mol. The van der Waals surface area contributed by atoms with Crippen LogP contribution in [0.25, 0.3) is 16.9 Å². The van der Waals surface area contributed by atoms with E-state index in [-0.39, 0.29) is 22.9 Å². The van der Waals surface area contributed by atoms with Crippen molar-refractivity contribution in [3.63, 3.8) is 0 Å². The molecule has 3 heterocycles. The number of alkyl halides is 6. The summed E-state index contributed by atoms with van der Waals surface area (Å²) < 4.78 is 78.7. The fraction of sp³-hybridized carbons (Fsp3) is 0.118. The van der Waals surface area contributed by atoms with Crippen LogP contribution in [-0.2, 0) is 12.4 Å². The molecule has 0 spiro atoms. The van der Waals surface area contributed by atoms with Gasteiger partial charge in [-0.05, 0) is 30.3 Å². The second kappa shape index (κ2) is 6.93. The Labute approximate surface area is 163 Å². The van der Waals surface area contributed by atoms with E-state index in [0.29, 0.717) is 11.9 Å². The van der Waals surface area contributed by atoms with Gasteiger partial charge in [-0.15, -0.1) is 10.2 Å². The average molecular weight is 425 g/mol. The number of nitrogens with one attached hydrogen (secondary N) is 1. The van der Waals surface area contributed by atoms with E-state index in [1.165, 1.54) is 22.7 Å². The summed E-state index contributed by atoms with van der Waals surface area (Å²) in [7, 11) is 0. The second-order valence-electron chi connectivity index (χ2n) is 6.02. The van der Waals surface area contributed by atoms with Crippen molar-refractivity contribution in [2.45, 2.75) is 12.4 Å². The summed E-state index contributed by atoms with van der Waals surface area (Å²) >= 11 is 0. The van der Waals surface area contributed by atoms with Gasteiger partial charge in [0.2, 0.25) is 5.95 Å². The van der Waals surface area contributed by atoms with Gasteiger partial charge in [-0.2, -0.15) is 36.0 Å². The standard InChI is InChI=1S/C17H9F6N7/c18-16(19,20)10-1-3-11(4-2-10)27-15-29-28-13-5-9(6-26-30(13)15)14-12(17(21,22)23)7-24-8-25-14/h1-8H,(H,27,29). The highest BCUT2D eigenvalue weighted by Crippen LogP contribution is 2.35. The molecule has 0 unspecified atom stereocenters. The number of nitrogens with zero attached hydrogens (tertiary/aromatic N) is 6. The van der Waals surface area contributed by atoms with Crippen LogP contribution in [0.15, 0.2) is 49.1 Å². The van der Waals surface area contributed by atoms with Gasteiger partial charge in [0.1, 0.15) is 11.9 Å². The van der Waals surface area contributed by atoms with Crippen molar-refractivity contribution in [1.29, 1.82) is 0 Å². The van der Waals surface area contributed by atoms with Crippen LogP contribution in [0.5, 0.6) is 0 Å². The molecule has 0 saturated heterocycles. The smallest absolute Gasteiger partial charge is 0.323 e. The van der Waals surface area contributed by atoms with Crippen molar-refractivity contribution >= 4 is 17.3 Å². The van der Waals surface area contributed by atoms with Gasteiger partial charge in [-0.1, -0.05) is 0 Å². The zero-order chi connectivity index (χ0) is 21.5. The van der Waals surface area contributed by atoms with Crippen LogP contribution in [-0.4, -0.2) is 29.8 Å². The number of anilines is 2. The molecule has 7 nitrogen and oxygen atoms in total. The molecule has 4 aromatic rings. The summed E-state index contributed by atoms with van der Waals surface area (Å²) in [4.78, 5) is 7.10. The zero-order valence-electron chi connectivity index (χ0n) is 14.6. The summed E-state index contributed by atoms with van der Waals surface area (Å²) in [5.74, 6) is 0.0649. The van der Waals surface area contributed by atoms with Gasteiger partial charge in [0.05, 0.1) is 17.5 Å². The molecule has 30 heavy (non-hydrogen) atoms. The van der Waals surface area contributed by atoms with E-state index in [4.69, 9.17) is 0 Å². The lowest BCUT2D eigenvalue weighted by atomic mass is 10.1. The van der Waals surface area contributed by atoms with Crippen LogP contribution in [0.4, 0.5) is 38.0 Å². The minimum atomic E-state index is -4.66. The van der Waals surface area contributed by atoms with E-state index in [1.54, 1.807) is 0 Å². The lowest BCUT2D eigenvalue weighted by Gasteiger charge is -2.11. The number of fused-ring (bicyclic) bond motifs is 1. The van der Waals surface area contributed by atoms with Gasteiger partial charge in [0.25, 0.3) is 0 Å². The van der Waals surface area contributed by atoms with Crippen molar-refractivity contribution in [2.75, 3.05) is 5.32 Å². The molecule has 0 aliphatic heterocycles. The van der Waals surface area contributed by atoms with Gasteiger partial charge < -0.3 is 5.32 Å². The molecule has 0 fully saturated rings. The third kappa shape index (κ3) is 3.73. The third-order valence-electron chi connectivity index (χ3n) is 4.02. The first-order valence-electron chi connectivity index (χ1n) is 8.16. The lowest BCUT2D eigenvalue weighted by Crippen LogP contribution is -2.09. The van der Waals surface area contributed by atoms with Crippen LogP contribution in [0, 0.1) is 0 Å². The van der Waals surface area contributed by atoms with E-state index < -0.39 is 23.5 Å². The largest absolute Gasteiger partial charge is 0.419 e. The molecule has 13 heteroatoms. The fourth-order valence-corrected chi connectivity index (χ4v) is 2.64. The summed E-state index contributed by atoms with van der Waals surface area (Å²) in [5, 5.41) is 14.4. The summed E-state index contributed by atoms with van der Waals surface area (Å²) in [6, 6.07) is 5.49. The quantitative estimate of drug-likeness (QED) is 0.492. The van der Waals surface area contributed by atoms with Crippen molar-refractivity contribution in [3.8, 4) is 11.3 Å². The number of hydrogen-bond acceptors (Lipinski definition) is 6. The monoisotopic (exact) mass is 425 g/mol. The van der Waals surface area contributed by atoms with Crippen molar-refractivity contribution in [3.05, 3.63) is 60.2 Å². The first kappa shape index (κ1) is 19.5. The Morgan fingerprint density at radius 3 is 2.27 bits per heavy atom. The Kier molecular flexibility index (Phi) is 4.51. The van der Waals surface area contributed by atoms with E-state index in [2.05, 4.69) is 30.6 Å². The van der Waals surface area contributed by atoms with Crippen LogP contribution < -0.4 is 5.32 Å². The molecule has 3 aromatic heterocycles. The Hall–Kier alpha value is -3.77. The Balaban J connectivity index is 1.66. The third-order valence-corrected chi connectivity index (χ3v) is 4.02. The van der Waals surface area contributed by atoms with Crippen molar-refractivity contribution in [1.82, 2.24) is 29.8 Å². The molecule has 4 rings (SSSR count). The number of hydrogen-bond donors (Lipinski definition) is 1. The summed E-state index contributed by atoms with van der Waals surface area (Å²) in [6.07, 6.45) is -6.34. The maximum Gasteiger partial charge on any atom is 0.419 e. The van der Waals surface area contributed by atoms with E-state index in [0.717, 1.165) is 24.7 Å². The molecular weight excluding hydrogens is 416 g/mol. The van der Waals surface area contributed by atoms with Gasteiger partial charge in [0.15, 0.2) is 5.65 Å². The Morgan fingerprint density at radius 2 is 1.60 bits per heavy atom. The number of rotatable bonds is 3. The predicted octanol–water partition coefficient (Wildman–Crippen LogP) is 4.36. The first-order valence-corrected chi connectivity index (χ1v) is 8.16. The molecule has 0 aliphatic carbocycles. The topological polar surface area (TPSA) is 80.9 Å². The maximum absolute atomic E-state index is 13.2. The molecule has 0 bridgehead atoms. The number of benzene rings is 1. The minimum absolute atomic E-state index is 0.0469. The Bertz CT molecular complexity index is 1200. The summed E-state index contributed by atoms with van der Waals surface area (Å²) in [5.41, 5.74) is -1.77. The number of aromatic nitrogens is 6.